The Balaban J connectivity index is 0.000000164. The number of carbonyl (C=O) groups excluding carboxylic acids is 1. The molecule has 2 aliphatic rings. The van der Waals surface area contributed by atoms with Gasteiger partial charge in [-0.15, -0.1) is 0 Å². The summed E-state index contributed by atoms with van der Waals surface area (Å²) in [7, 11) is 0. The van der Waals surface area contributed by atoms with Gasteiger partial charge in [-0.1, -0.05) is 23.8 Å². The molecular formula is C38H31ClFNO4Sb. The zero-order valence-corrected chi connectivity index (χ0v) is 27.9. The van der Waals surface area contributed by atoms with E-state index in [1.54, 1.807) is 12.2 Å². The van der Waals surface area contributed by atoms with Crippen molar-refractivity contribution < 1.29 is 23.8 Å². The van der Waals surface area contributed by atoms with Crippen LogP contribution in [-0.4, -0.2) is 48.0 Å². The van der Waals surface area contributed by atoms with E-state index in [1.807, 2.05) is 0 Å². The molecule has 1 fully saturated rings. The Morgan fingerprint density at radius 3 is 1.46 bits per heavy atom. The Hall–Kier alpha value is -4.22. The molecule has 4 atom stereocenters. The molecule has 7 rings (SSSR count). The average Bonchev–Trinajstić information content (AvgIpc) is 3.72. The summed E-state index contributed by atoms with van der Waals surface area (Å²) < 4.78 is 24.4. The second-order valence-electron chi connectivity index (χ2n) is 11.0. The number of amides is 1. The van der Waals surface area contributed by atoms with Crippen molar-refractivity contribution in [3.05, 3.63) is 163 Å². The van der Waals surface area contributed by atoms with Crippen LogP contribution < -0.4 is 19.4 Å². The van der Waals surface area contributed by atoms with E-state index in [-0.39, 0.29) is 5.02 Å². The zero-order valence-electron chi connectivity index (χ0n) is 24.6. The number of carboxylic acid groups (broad SMARTS) is 1. The van der Waals surface area contributed by atoms with E-state index in [9.17, 15) is 19.1 Å². The number of benzene rings is 5. The van der Waals surface area contributed by atoms with Gasteiger partial charge >= 0.3 is 160 Å². The molecule has 0 spiro atoms. The van der Waals surface area contributed by atoms with Crippen LogP contribution in [0.3, 0.4) is 0 Å². The summed E-state index contributed by atoms with van der Waals surface area (Å²) in [5, 5.41) is 11.7. The van der Waals surface area contributed by atoms with Crippen LogP contribution in [0.2, 0.25) is 5.02 Å². The summed E-state index contributed by atoms with van der Waals surface area (Å²) in [5.41, 5.74) is 0.308. The van der Waals surface area contributed by atoms with E-state index in [0.29, 0.717) is 5.69 Å². The second kappa shape index (κ2) is 14.0. The predicted molar refractivity (Wildman–Crippen MR) is 183 cm³/mol. The topological polar surface area (TPSA) is 75.6 Å². The van der Waals surface area contributed by atoms with Crippen LogP contribution in [0.1, 0.15) is 0 Å². The minimum atomic E-state index is -3.17. The maximum absolute atomic E-state index is 13.1. The third-order valence-corrected chi connectivity index (χ3v) is 20.8. The molecule has 5 nitrogen and oxygen atoms in total. The molecule has 231 valence electrons. The van der Waals surface area contributed by atoms with Crippen molar-refractivity contribution in [3.63, 3.8) is 0 Å². The summed E-state index contributed by atoms with van der Waals surface area (Å²) in [5.74, 6) is -3.90. The molecule has 1 amide bonds. The van der Waals surface area contributed by atoms with Crippen molar-refractivity contribution in [1.29, 1.82) is 0 Å². The third-order valence-electron chi connectivity index (χ3n) is 8.25. The average molecular weight is 742 g/mol. The number of rotatable bonds is 7. The van der Waals surface area contributed by atoms with Gasteiger partial charge in [0.15, 0.2) is 0 Å². The van der Waals surface area contributed by atoms with E-state index in [2.05, 4.69) is 127 Å². The van der Waals surface area contributed by atoms with Crippen LogP contribution in [0.25, 0.3) is 0 Å². The number of nitrogens with one attached hydrogen (secondary N) is 1. The maximum atomic E-state index is 13.1. The SMILES string of the molecule is O=C(O)[C@@H]1[C@H](C(=O)Nc2ccc(F)c(Cl)c2)[C@H]2C=C[C@@H]1O2.c1cc[c]([Sb]([c]2ccccc2)([c]2ccccc2)[c]2ccccc2)cc1. The van der Waals surface area contributed by atoms with E-state index in [1.165, 1.54) is 26.2 Å². The fourth-order valence-corrected chi connectivity index (χ4v) is 18.6. The summed E-state index contributed by atoms with van der Waals surface area (Å²) in [6.45, 7) is 0. The first kappa shape index (κ1) is 31.7. The summed E-state index contributed by atoms with van der Waals surface area (Å²) in [6.07, 6.45) is 2.21. The molecule has 0 unspecified atom stereocenters. The Morgan fingerprint density at radius 1 is 0.652 bits per heavy atom. The van der Waals surface area contributed by atoms with E-state index in [4.69, 9.17) is 16.3 Å². The molecule has 0 aliphatic carbocycles. The number of hydrogen-bond acceptors (Lipinski definition) is 3. The number of anilines is 1. The van der Waals surface area contributed by atoms with Gasteiger partial charge in [-0.2, -0.15) is 0 Å². The van der Waals surface area contributed by atoms with Crippen LogP contribution in [0.5, 0.6) is 0 Å². The van der Waals surface area contributed by atoms with E-state index in [0.717, 1.165) is 6.07 Å². The van der Waals surface area contributed by atoms with Crippen molar-refractivity contribution in [3.8, 4) is 0 Å². The standard InChI is InChI=1S/C14H11ClFNO4.4C6H5.Sb/c15-7-5-6(1-2-8(7)16)17-13(18)11-9-3-4-10(21-9)12(11)14(19)20;4*1-2-4-6-5-3-1;/h1-5,9-12H,(H,17,18)(H,19,20);4*1-5H;/t9-,10+,11-,12+;;;;;/m1...../s1. The third kappa shape index (κ3) is 6.26. The number of fused-ring (bicyclic) bond motifs is 2. The molecule has 2 heterocycles. The fraction of sp³-hybridized carbons (Fsp3) is 0.105. The Labute approximate surface area is 276 Å². The van der Waals surface area contributed by atoms with Gasteiger partial charge in [0.05, 0.1) is 23.1 Å². The van der Waals surface area contributed by atoms with Gasteiger partial charge in [0.1, 0.15) is 11.7 Å². The van der Waals surface area contributed by atoms with E-state index < -0.39 is 60.5 Å². The molecule has 2 bridgehead atoms. The van der Waals surface area contributed by atoms with Gasteiger partial charge in [-0.25, -0.2) is 4.39 Å². The number of aliphatic carboxylic acids is 1. The Bertz CT molecular complexity index is 1680. The van der Waals surface area contributed by atoms with E-state index >= 15 is 0 Å². The molecule has 8 heteroatoms. The predicted octanol–water partition coefficient (Wildman–Crippen LogP) is 5.14. The first-order chi connectivity index (χ1) is 22.4. The van der Waals surface area contributed by atoms with Gasteiger partial charge in [-0.3, -0.25) is 9.59 Å². The van der Waals surface area contributed by atoms with Gasteiger partial charge in [0.25, 0.3) is 0 Å². The van der Waals surface area contributed by atoms with Gasteiger partial charge in [0, 0.05) is 5.69 Å². The number of carboxylic acids is 1. The molecule has 5 aromatic carbocycles. The van der Waals surface area contributed by atoms with Gasteiger partial charge in [-0.05, 0) is 18.2 Å². The van der Waals surface area contributed by atoms with Crippen molar-refractivity contribution in [2.45, 2.75) is 12.2 Å². The Kier molecular flexibility index (Phi) is 9.69. The molecular weight excluding hydrogens is 711 g/mol. The molecule has 1 saturated heterocycles. The van der Waals surface area contributed by atoms with Gasteiger partial charge < -0.3 is 15.2 Å². The Morgan fingerprint density at radius 2 is 1.07 bits per heavy atom. The van der Waals surface area contributed by atoms with Crippen LogP contribution in [0, 0.1) is 17.7 Å². The molecule has 2 aliphatic heterocycles. The number of halogens is 2. The van der Waals surface area contributed by atoms with Crippen LogP contribution >= 0.6 is 11.6 Å². The summed E-state index contributed by atoms with van der Waals surface area (Å²) in [4.78, 5) is 23.6. The molecule has 1 radical (unpaired) electrons. The fourth-order valence-electron chi connectivity index (χ4n) is 6.22. The first-order valence-corrected chi connectivity index (χ1v) is 20.3. The number of ether oxygens (including phenoxy) is 1. The van der Waals surface area contributed by atoms with Gasteiger partial charge in [0.2, 0.25) is 5.91 Å². The quantitative estimate of drug-likeness (QED) is 0.179. The van der Waals surface area contributed by atoms with Crippen molar-refractivity contribution in [2.75, 3.05) is 5.32 Å². The normalized spacial score (nSPS) is 19.6. The zero-order chi connectivity index (χ0) is 32.1. The number of hydrogen-bond donors (Lipinski definition) is 2. The van der Waals surface area contributed by atoms with Crippen LogP contribution in [0.15, 0.2) is 152 Å². The monoisotopic (exact) mass is 740 g/mol. The number of carbonyl (C=O) groups is 2. The van der Waals surface area contributed by atoms with Crippen LogP contribution in [0.4, 0.5) is 10.1 Å². The minimum absolute atomic E-state index is 0.119. The van der Waals surface area contributed by atoms with Crippen molar-refractivity contribution in [2.24, 2.45) is 11.8 Å². The molecule has 5 aromatic rings. The summed E-state index contributed by atoms with van der Waals surface area (Å²) in [6, 6.07) is 48.1. The van der Waals surface area contributed by atoms with Crippen molar-refractivity contribution in [1.82, 2.24) is 0 Å². The molecule has 2 N–H and O–H groups in total. The van der Waals surface area contributed by atoms with Crippen LogP contribution in [-0.2, 0) is 14.3 Å². The molecule has 46 heavy (non-hydrogen) atoms. The summed E-state index contributed by atoms with van der Waals surface area (Å²) >= 11 is 2.48. The molecule has 0 aromatic heterocycles. The second-order valence-corrected chi connectivity index (χ2v) is 21.1. The van der Waals surface area contributed by atoms with Crippen molar-refractivity contribution >= 4 is 62.0 Å². The first-order valence-electron chi connectivity index (χ1n) is 14.8. The molecule has 0 saturated carbocycles.